The summed E-state index contributed by atoms with van der Waals surface area (Å²) in [6.45, 7) is 13.2. The molecule has 3 aromatic rings. The SMILES string of the molecule is CCCOc1cccc(C2C(=C(O)c3nc4c(C)cccn4c3C)C(=O)C(=O)N2CCN(CC)CC)c1. The van der Waals surface area contributed by atoms with Gasteiger partial charge >= 0.3 is 0 Å². The van der Waals surface area contributed by atoms with Gasteiger partial charge in [-0.25, -0.2) is 4.98 Å². The number of fused-ring (bicyclic) bond motifs is 1. The molecule has 37 heavy (non-hydrogen) atoms. The van der Waals surface area contributed by atoms with E-state index in [1.165, 1.54) is 0 Å². The number of nitrogens with zero attached hydrogens (tertiary/aromatic N) is 4. The van der Waals surface area contributed by atoms with Crippen LogP contribution in [0.1, 0.15) is 55.7 Å². The predicted molar refractivity (Wildman–Crippen MR) is 144 cm³/mol. The summed E-state index contributed by atoms with van der Waals surface area (Å²) < 4.78 is 7.72. The first-order valence-corrected chi connectivity index (χ1v) is 13.0. The second-order valence-electron chi connectivity index (χ2n) is 9.37. The fraction of sp³-hybridized carbons (Fsp3) is 0.414. The minimum absolute atomic E-state index is 0.0568. The Morgan fingerprint density at radius 1 is 1.11 bits per heavy atom. The van der Waals surface area contributed by atoms with Crippen LogP contribution in [0.2, 0.25) is 0 Å². The maximum Gasteiger partial charge on any atom is 0.295 e. The van der Waals surface area contributed by atoms with Crippen LogP contribution in [0.25, 0.3) is 11.4 Å². The maximum absolute atomic E-state index is 13.5. The first kappa shape index (κ1) is 26.4. The van der Waals surface area contributed by atoms with E-state index < -0.39 is 17.7 Å². The number of aryl methyl sites for hydroxylation is 2. The minimum atomic E-state index is -0.744. The lowest BCUT2D eigenvalue weighted by atomic mass is 9.96. The summed E-state index contributed by atoms with van der Waals surface area (Å²) in [6, 6.07) is 10.5. The van der Waals surface area contributed by atoms with Crippen molar-refractivity contribution in [2.75, 3.05) is 32.8 Å². The van der Waals surface area contributed by atoms with E-state index in [0.29, 0.717) is 48.0 Å². The van der Waals surface area contributed by atoms with Crippen molar-refractivity contribution in [2.45, 2.75) is 47.1 Å². The Kier molecular flexibility index (Phi) is 7.97. The number of carbonyl (C=O) groups is 2. The van der Waals surface area contributed by atoms with Gasteiger partial charge in [-0.3, -0.25) is 9.59 Å². The highest BCUT2D eigenvalue weighted by molar-refractivity contribution is 6.46. The number of hydrogen-bond donors (Lipinski definition) is 1. The van der Waals surface area contributed by atoms with Gasteiger partial charge in [-0.2, -0.15) is 0 Å². The topological polar surface area (TPSA) is 87.4 Å². The van der Waals surface area contributed by atoms with E-state index in [0.717, 1.165) is 25.1 Å². The molecule has 0 saturated carbocycles. The molecule has 0 spiro atoms. The molecule has 0 bridgehead atoms. The maximum atomic E-state index is 13.5. The first-order valence-electron chi connectivity index (χ1n) is 13.0. The van der Waals surface area contributed by atoms with Crippen LogP contribution >= 0.6 is 0 Å². The van der Waals surface area contributed by atoms with E-state index in [1.54, 1.807) is 4.90 Å². The highest BCUT2D eigenvalue weighted by Crippen LogP contribution is 2.40. The Morgan fingerprint density at radius 2 is 1.86 bits per heavy atom. The van der Waals surface area contributed by atoms with Crippen LogP contribution in [-0.4, -0.2) is 68.8 Å². The monoisotopic (exact) mass is 504 g/mol. The van der Waals surface area contributed by atoms with Crippen LogP contribution in [0.4, 0.5) is 0 Å². The number of aliphatic hydroxyl groups excluding tert-OH is 1. The van der Waals surface area contributed by atoms with Gasteiger partial charge in [0.15, 0.2) is 5.76 Å². The first-order chi connectivity index (χ1) is 17.8. The molecule has 1 unspecified atom stereocenters. The third-order valence-corrected chi connectivity index (χ3v) is 7.05. The summed E-state index contributed by atoms with van der Waals surface area (Å²) in [6.07, 6.45) is 2.73. The zero-order valence-corrected chi connectivity index (χ0v) is 22.3. The molecule has 1 aliphatic rings. The molecule has 8 nitrogen and oxygen atoms in total. The minimum Gasteiger partial charge on any atom is -0.505 e. The number of likely N-dealkylation sites (N-methyl/N-ethyl adjacent to an activating group) is 1. The molecule has 1 aromatic carbocycles. The summed E-state index contributed by atoms with van der Waals surface area (Å²) in [4.78, 5) is 35.2. The summed E-state index contributed by atoms with van der Waals surface area (Å²) in [5.74, 6) is -0.909. The molecule has 1 atom stereocenters. The Morgan fingerprint density at radius 3 is 2.54 bits per heavy atom. The molecule has 8 heteroatoms. The number of hydrogen-bond acceptors (Lipinski definition) is 6. The number of aliphatic hydroxyl groups is 1. The van der Waals surface area contributed by atoms with Crippen LogP contribution in [-0.2, 0) is 9.59 Å². The molecule has 0 aliphatic carbocycles. The molecule has 1 N–H and O–H groups in total. The molecule has 3 heterocycles. The van der Waals surface area contributed by atoms with Crippen LogP contribution in [0.3, 0.4) is 0 Å². The quantitative estimate of drug-likeness (QED) is 0.248. The van der Waals surface area contributed by atoms with E-state index in [-0.39, 0.29) is 11.3 Å². The third-order valence-electron chi connectivity index (χ3n) is 7.05. The molecule has 1 amide bonds. The number of ether oxygens (including phenoxy) is 1. The number of aromatic nitrogens is 2. The zero-order valence-electron chi connectivity index (χ0n) is 22.3. The predicted octanol–water partition coefficient (Wildman–Crippen LogP) is 4.50. The molecule has 196 valence electrons. The standard InChI is InChI=1S/C29H36N4O4/c1-6-17-37-22-13-9-12-21(18-22)25-23(27(35)29(36)33(25)16-15-31(7-2)8-3)26(34)24-20(5)32-14-10-11-19(4)28(32)30-24/h9-14,18,25,34H,6-8,15-17H2,1-5H3. The lowest BCUT2D eigenvalue weighted by molar-refractivity contribution is -0.140. The van der Waals surface area contributed by atoms with Crippen molar-refractivity contribution in [2.24, 2.45) is 0 Å². The number of benzene rings is 1. The molecule has 4 rings (SSSR count). The fourth-order valence-electron chi connectivity index (χ4n) is 4.91. The van der Waals surface area contributed by atoms with Crippen molar-refractivity contribution in [3.63, 3.8) is 0 Å². The summed E-state index contributed by atoms with van der Waals surface area (Å²) in [5.41, 5.74) is 3.42. The van der Waals surface area contributed by atoms with Gasteiger partial charge in [-0.1, -0.05) is 39.0 Å². The van der Waals surface area contributed by atoms with Crippen molar-refractivity contribution in [1.29, 1.82) is 0 Å². The number of likely N-dealkylation sites (tertiary alicyclic amines) is 1. The van der Waals surface area contributed by atoms with Crippen molar-refractivity contribution >= 4 is 23.1 Å². The van der Waals surface area contributed by atoms with Crippen molar-refractivity contribution in [3.8, 4) is 5.75 Å². The van der Waals surface area contributed by atoms with Crippen LogP contribution in [0.15, 0.2) is 48.2 Å². The Balaban J connectivity index is 1.86. The number of ketones is 1. The Bertz CT molecular complexity index is 1340. The molecule has 2 aromatic heterocycles. The van der Waals surface area contributed by atoms with E-state index >= 15 is 0 Å². The van der Waals surface area contributed by atoms with Gasteiger partial charge in [0.05, 0.1) is 23.9 Å². The Hall–Kier alpha value is -3.65. The van der Waals surface area contributed by atoms with Crippen molar-refractivity contribution < 1.29 is 19.4 Å². The molecule has 1 aliphatic heterocycles. The lowest BCUT2D eigenvalue weighted by Gasteiger charge is -2.28. The average Bonchev–Trinajstić information content (AvgIpc) is 3.38. The normalized spacial score (nSPS) is 17.4. The van der Waals surface area contributed by atoms with Gasteiger partial charge in [-0.05, 0) is 62.7 Å². The molecular weight excluding hydrogens is 468 g/mol. The van der Waals surface area contributed by atoms with E-state index in [1.807, 2.05) is 67.8 Å². The van der Waals surface area contributed by atoms with Gasteiger partial charge in [0.1, 0.15) is 17.1 Å². The van der Waals surface area contributed by atoms with Gasteiger partial charge in [0.25, 0.3) is 11.7 Å². The number of rotatable bonds is 10. The van der Waals surface area contributed by atoms with Gasteiger partial charge in [-0.15, -0.1) is 0 Å². The van der Waals surface area contributed by atoms with Gasteiger partial charge < -0.3 is 24.0 Å². The van der Waals surface area contributed by atoms with Crippen LogP contribution < -0.4 is 4.74 Å². The summed E-state index contributed by atoms with van der Waals surface area (Å²) in [7, 11) is 0. The second kappa shape index (κ2) is 11.2. The molecular formula is C29H36N4O4. The number of Topliss-reactive ketones (excluding diaryl/α,β-unsaturated/α-hetero) is 1. The number of pyridine rings is 1. The van der Waals surface area contributed by atoms with Crippen molar-refractivity contribution in [1.82, 2.24) is 19.2 Å². The second-order valence-corrected chi connectivity index (χ2v) is 9.37. The van der Waals surface area contributed by atoms with Crippen LogP contribution in [0.5, 0.6) is 5.75 Å². The van der Waals surface area contributed by atoms with E-state index in [2.05, 4.69) is 23.7 Å². The summed E-state index contributed by atoms with van der Waals surface area (Å²) in [5, 5.41) is 11.6. The third kappa shape index (κ3) is 4.98. The van der Waals surface area contributed by atoms with E-state index in [4.69, 9.17) is 4.74 Å². The number of amides is 1. The fourth-order valence-corrected chi connectivity index (χ4v) is 4.91. The smallest absolute Gasteiger partial charge is 0.295 e. The highest BCUT2D eigenvalue weighted by atomic mass is 16.5. The largest absolute Gasteiger partial charge is 0.505 e. The molecule has 1 fully saturated rings. The zero-order chi connectivity index (χ0) is 26.7. The molecule has 1 saturated heterocycles. The average molecular weight is 505 g/mol. The number of carbonyl (C=O) groups excluding carboxylic acids is 2. The summed E-state index contributed by atoms with van der Waals surface area (Å²) >= 11 is 0. The van der Waals surface area contributed by atoms with Gasteiger partial charge in [0, 0.05) is 19.3 Å². The van der Waals surface area contributed by atoms with Crippen molar-refractivity contribution in [3.05, 3.63) is 70.7 Å². The van der Waals surface area contributed by atoms with E-state index in [9.17, 15) is 14.7 Å². The molecule has 0 radical (unpaired) electrons. The lowest BCUT2D eigenvalue weighted by Crippen LogP contribution is -2.38. The highest BCUT2D eigenvalue weighted by Gasteiger charge is 2.46. The van der Waals surface area contributed by atoms with Gasteiger partial charge in [0.2, 0.25) is 0 Å². The number of imidazole rings is 1. The Labute approximate surface area is 218 Å². The van der Waals surface area contributed by atoms with Crippen LogP contribution in [0, 0.1) is 13.8 Å².